The third-order valence-corrected chi connectivity index (χ3v) is 3.81. The fourth-order valence-corrected chi connectivity index (χ4v) is 2.65. The first-order chi connectivity index (χ1) is 9.09. The Morgan fingerprint density at radius 1 is 1.42 bits per heavy atom. The summed E-state index contributed by atoms with van der Waals surface area (Å²) >= 11 is 5.92. The van der Waals surface area contributed by atoms with Crippen LogP contribution in [0, 0.1) is 10.1 Å². The van der Waals surface area contributed by atoms with Gasteiger partial charge in [0.25, 0.3) is 0 Å². The van der Waals surface area contributed by atoms with Crippen molar-refractivity contribution in [2.24, 2.45) is 0 Å². The van der Waals surface area contributed by atoms with Crippen molar-refractivity contribution in [3.63, 3.8) is 0 Å². The Morgan fingerprint density at radius 3 is 2.74 bits per heavy atom. The molecule has 5 nitrogen and oxygen atoms in total. The van der Waals surface area contributed by atoms with Crippen molar-refractivity contribution in [2.75, 3.05) is 38.1 Å². The van der Waals surface area contributed by atoms with E-state index < -0.39 is 4.92 Å². The van der Waals surface area contributed by atoms with Crippen LogP contribution in [-0.4, -0.2) is 43.0 Å². The van der Waals surface area contributed by atoms with E-state index in [1.807, 2.05) is 11.9 Å². The van der Waals surface area contributed by atoms with Gasteiger partial charge in [-0.15, -0.1) is 0 Å². The van der Waals surface area contributed by atoms with Gasteiger partial charge in [0.2, 0.25) is 0 Å². The average Bonchev–Trinajstić information content (AvgIpc) is 2.88. The van der Waals surface area contributed by atoms with Gasteiger partial charge in [-0.05, 0) is 38.1 Å². The monoisotopic (exact) mass is 283 g/mol. The number of nitro benzene ring substituents is 1. The summed E-state index contributed by atoms with van der Waals surface area (Å²) in [4.78, 5) is 15.0. The normalized spacial score (nSPS) is 15.7. The van der Waals surface area contributed by atoms with Crippen LogP contribution >= 0.6 is 11.6 Å². The Morgan fingerprint density at radius 2 is 2.11 bits per heavy atom. The second-order valence-corrected chi connectivity index (χ2v) is 5.24. The standard InChI is InChI=1S/C13H18ClN3O2/c1-15(9-10-16-7-2-3-8-16)12-6-4-5-11(14)13(12)17(18)19/h4-6H,2-3,7-10H2,1H3. The molecular formula is C13H18ClN3O2. The van der Waals surface area contributed by atoms with Crippen molar-refractivity contribution in [3.05, 3.63) is 33.3 Å². The molecule has 104 valence electrons. The molecule has 0 aliphatic carbocycles. The van der Waals surface area contributed by atoms with Gasteiger partial charge in [0.05, 0.1) is 4.92 Å². The lowest BCUT2D eigenvalue weighted by Gasteiger charge is -2.23. The van der Waals surface area contributed by atoms with Crippen LogP contribution in [0.15, 0.2) is 18.2 Å². The summed E-state index contributed by atoms with van der Waals surface area (Å²) in [5, 5.41) is 11.3. The SMILES string of the molecule is CN(CCN1CCCC1)c1cccc(Cl)c1[N+](=O)[O-]. The topological polar surface area (TPSA) is 49.6 Å². The minimum atomic E-state index is -0.413. The number of nitrogens with zero attached hydrogens (tertiary/aromatic N) is 3. The molecule has 0 atom stereocenters. The summed E-state index contributed by atoms with van der Waals surface area (Å²) in [6.45, 7) is 3.96. The minimum absolute atomic E-state index is 0.00640. The van der Waals surface area contributed by atoms with Gasteiger partial charge in [0.15, 0.2) is 0 Å². The van der Waals surface area contributed by atoms with Crippen LogP contribution in [0.2, 0.25) is 5.02 Å². The molecule has 19 heavy (non-hydrogen) atoms. The third kappa shape index (κ3) is 3.36. The van der Waals surface area contributed by atoms with Crippen molar-refractivity contribution < 1.29 is 4.92 Å². The third-order valence-electron chi connectivity index (χ3n) is 3.51. The molecule has 1 fully saturated rings. The zero-order chi connectivity index (χ0) is 13.8. The predicted molar refractivity (Wildman–Crippen MR) is 77.1 cm³/mol. The van der Waals surface area contributed by atoms with Crippen LogP contribution in [-0.2, 0) is 0 Å². The van der Waals surface area contributed by atoms with Gasteiger partial charge in [-0.25, -0.2) is 0 Å². The summed E-state index contributed by atoms with van der Waals surface area (Å²) in [5.41, 5.74) is 0.574. The predicted octanol–water partition coefficient (Wildman–Crippen LogP) is 2.78. The number of para-hydroxylation sites is 1. The second kappa shape index (κ2) is 6.21. The van der Waals surface area contributed by atoms with Gasteiger partial charge in [-0.2, -0.15) is 0 Å². The average molecular weight is 284 g/mol. The molecule has 1 aromatic carbocycles. The van der Waals surface area contributed by atoms with Gasteiger partial charge in [0.1, 0.15) is 10.7 Å². The van der Waals surface area contributed by atoms with Crippen molar-refractivity contribution >= 4 is 23.0 Å². The number of anilines is 1. The van der Waals surface area contributed by atoms with E-state index in [-0.39, 0.29) is 10.7 Å². The van der Waals surface area contributed by atoms with Crippen LogP contribution in [0.5, 0.6) is 0 Å². The van der Waals surface area contributed by atoms with Crippen molar-refractivity contribution in [1.82, 2.24) is 4.90 Å². The number of halogens is 1. The lowest BCUT2D eigenvalue weighted by Crippen LogP contribution is -2.31. The molecular weight excluding hydrogens is 266 g/mol. The summed E-state index contributed by atoms with van der Waals surface area (Å²) < 4.78 is 0. The fraction of sp³-hybridized carbons (Fsp3) is 0.538. The zero-order valence-corrected chi connectivity index (χ0v) is 11.8. The largest absolute Gasteiger partial charge is 0.368 e. The van der Waals surface area contributed by atoms with Gasteiger partial charge in [-0.3, -0.25) is 10.1 Å². The van der Waals surface area contributed by atoms with Crippen molar-refractivity contribution in [3.8, 4) is 0 Å². The molecule has 0 saturated carbocycles. The highest BCUT2D eigenvalue weighted by atomic mass is 35.5. The highest BCUT2D eigenvalue weighted by molar-refractivity contribution is 6.33. The molecule has 1 saturated heterocycles. The maximum absolute atomic E-state index is 11.1. The summed E-state index contributed by atoms with van der Waals surface area (Å²) in [5.74, 6) is 0. The Kier molecular flexibility index (Phi) is 4.61. The van der Waals surface area contributed by atoms with Crippen LogP contribution in [0.1, 0.15) is 12.8 Å². The zero-order valence-electron chi connectivity index (χ0n) is 11.0. The number of rotatable bonds is 5. The highest BCUT2D eigenvalue weighted by Crippen LogP contribution is 2.34. The molecule has 2 rings (SSSR count). The van der Waals surface area contributed by atoms with E-state index in [9.17, 15) is 10.1 Å². The molecule has 1 aromatic rings. The lowest BCUT2D eigenvalue weighted by atomic mass is 10.2. The molecule has 1 aliphatic rings. The maximum atomic E-state index is 11.1. The van der Waals surface area contributed by atoms with E-state index in [2.05, 4.69) is 4.90 Å². The first kappa shape index (κ1) is 14.1. The number of nitro groups is 1. The van der Waals surface area contributed by atoms with Crippen LogP contribution in [0.25, 0.3) is 0 Å². The van der Waals surface area contributed by atoms with Crippen molar-refractivity contribution in [2.45, 2.75) is 12.8 Å². The minimum Gasteiger partial charge on any atom is -0.368 e. The van der Waals surface area contributed by atoms with E-state index in [0.717, 1.165) is 26.2 Å². The second-order valence-electron chi connectivity index (χ2n) is 4.83. The molecule has 0 unspecified atom stereocenters. The summed E-state index contributed by atoms with van der Waals surface area (Å²) in [6, 6.07) is 5.04. The van der Waals surface area contributed by atoms with Crippen LogP contribution in [0.3, 0.4) is 0 Å². The number of hydrogen-bond acceptors (Lipinski definition) is 4. The summed E-state index contributed by atoms with van der Waals surface area (Å²) in [6.07, 6.45) is 2.50. The molecule has 0 aromatic heterocycles. The first-order valence-corrected chi connectivity index (χ1v) is 6.84. The lowest BCUT2D eigenvalue weighted by molar-refractivity contribution is -0.384. The van der Waals surface area contributed by atoms with E-state index in [4.69, 9.17) is 11.6 Å². The number of likely N-dealkylation sites (tertiary alicyclic amines) is 1. The number of likely N-dealkylation sites (N-methyl/N-ethyl adjacent to an activating group) is 1. The van der Waals surface area contributed by atoms with Crippen LogP contribution in [0.4, 0.5) is 11.4 Å². The van der Waals surface area contributed by atoms with E-state index in [1.165, 1.54) is 12.8 Å². The Balaban J connectivity index is 2.07. The molecule has 1 heterocycles. The highest BCUT2D eigenvalue weighted by Gasteiger charge is 2.21. The van der Waals surface area contributed by atoms with E-state index >= 15 is 0 Å². The molecule has 0 N–H and O–H groups in total. The van der Waals surface area contributed by atoms with E-state index in [1.54, 1.807) is 18.2 Å². The van der Waals surface area contributed by atoms with Crippen LogP contribution < -0.4 is 4.90 Å². The number of hydrogen-bond donors (Lipinski definition) is 0. The summed E-state index contributed by atoms with van der Waals surface area (Å²) in [7, 11) is 1.87. The molecule has 0 amide bonds. The van der Waals surface area contributed by atoms with Gasteiger partial charge in [0, 0.05) is 20.1 Å². The molecule has 6 heteroatoms. The smallest absolute Gasteiger partial charge is 0.310 e. The molecule has 0 spiro atoms. The Labute approximate surface area is 117 Å². The fourth-order valence-electron chi connectivity index (χ4n) is 2.41. The Hall–Kier alpha value is -1.33. The van der Waals surface area contributed by atoms with Gasteiger partial charge >= 0.3 is 5.69 Å². The molecule has 0 radical (unpaired) electrons. The quantitative estimate of drug-likeness (QED) is 0.616. The first-order valence-electron chi connectivity index (χ1n) is 6.46. The molecule has 1 aliphatic heterocycles. The Bertz CT molecular complexity index is 461. The maximum Gasteiger partial charge on any atom is 0.310 e. The van der Waals surface area contributed by atoms with Gasteiger partial charge < -0.3 is 9.80 Å². The van der Waals surface area contributed by atoms with Gasteiger partial charge in [-0.1, -0.05) is 17.7 Å². The molecule has 0 bridgehead atoms. The van der Waals surface area contributed by atoms with E-state index in [0.29, 0.717) is 5.69 Å². The number of benzene rings is 1. The van der Waals surface area contributed by atoms with Crippen molar-refractivity contribution in [1.29, 1.82) is 0 Å².